The van der Waals surface area contributed by atoms with Gasteiger partial charge in [0.25, 0.3) is 0 Å². The standard InChI is InChI=1S/C17H33NO4/c1-12(2)11-14(5)16(19)21-9-7-18-8-10-22-17(20)15(6)13(3)4/h12-15,18H,7-11H2,1-6H3. The number of hydrogen-bond donors (Lipinski definition) is 1. The van der Waals surface area contributed by atoms with E-state index in [2.05, 4.69) is 19.2 Å². The fourth-order valence-electron chi connectivity index (χ4n) is 1.92. The maximum absolute atomic E-state index is 11.7. The Morgan fingerprint density at radius 2 is 1.36 bits per heavy atom. The zero-order valence-electron chi connectivity index (χ0n) is 15.0. The Labute approximate surface area is 135 Å². The molecule has 0 aromatic heterocycles. The Morgan fingerprint density at radius 1 is 0.864 bits per heavy atom. The largest absolute Gasteiger partial charge is 0.464 e. The highest BCUT2D eigenvalue weighted by molar-refractivity contribution is 5.72. The molecule has 0 rings (SSSR count). The molecule has 0 amide bonds. The molecule has 0 aliphatic heterocycles. The molecule has 5 heteroatoms. The first kappa shape index (κ1) is 20.9. The maximum Gasteiger partial charge on any atom is 0.308 e. The van der Waals surface area contributed by atoms with Crippen molar-refractivity contribution in [1.29, 1.82) is 0 Å². The molecule has 0 aromatic carbocycles. The van der Waals surface area contributed by atoms with E-state index in [0.717, 1.165) is 6.42 Å². The monoisotopic (exact) mass is 315 g/mol. The topological polar surface area (TPSA) is 64.6 Å². The van der Waals surface area contributed by atoms with E-state index in [-0.39, 0.29) is 29.7 Å². The summed E-state index contributed by atoms with van der Waals surface area (Å²) in [6.45, 7) is 13.8. The molecule has 0 fully saturated rings. The van der Waals surface area contributed by atoms with Gasteiger partial charge in [0.05, 0.1) is 11.8 Å². The zero-order chi connectivity index (χ0) is 17.1. The Bertz CT molecular complexity index is 329. The van der Waals surface area contributed by atoms with E-state index < -0.39 is 0 Å². The quantitative estimate of drug-likeness (QED) is 0.469. The summed E-state index contributed by atoms with van der Waals surface area (Å²) in [5, 5.41) is 3.09. The molecule has 0 saturated carbocycles. The number of nitrogens with one attached hydrogen (secondary N) is 1. The molecule has 0 heterocycles. The Balaban J connectivity index is 3.58. The molecule has 2 unspecified atom stereocenters. The number of hydrogen-bond acceptors (Lipinski definition) is 5. The van der Waals surface area contributed by atoms with Crippen molar-refractivity contribution in [3.8, 4) is 0 Å². The van der Waals surface area contributed by atoms with Gasteiger partial charge in [0.2, 0.25) is 0 Å². The lowest BCUT2D eigenvalue weighted by molar-refractivity contribution is -0.149. The lowest BCUT2D eigenvalue weighted by atomic mass is 9.99. The summed E-state index contributed by atoms with van der Waals surface area (Å²) in [4.78, 5) is 23.3. The second-order valence-electron chi connectivity index (χ2n) is 6.65. The summed E-state index contributed by atoms with van der Waals surface area (Å²) in [6.07, 6.45) is 0.844. The van der Waals surface area contributed by atoms with Crippen LogP contribution in [0.3, 0.4) is 0 Å². The van der Waals surface area contributed by atoms with Crippen molar-refractivity contribution < 1.29 is 19.1 Å². The lowest BCUT2D eigenvalue weighted by Gasteiger charge is -2.15. The fourth-order valence-corrected chi connectivity index (χ4v) is 1.92. The molecule has 22 heavy (non-hydrogen) atoms. The third kappa shape index (κ3) is 9.77. The second-order valence-corrected chi connectivity index (χ2v) is 6.65. The van der Waals surface area contributed by atoms with Gasteiger partial charge in [-0.1, -0.05) is 41.5 Å². The molecule has 0 bridgehead atoms. The van der Waals surface area contributed by atoms with Gasteiger partial charge >= 0.3 is 11.9 Å². The van der Waals surface area contributed by atoms with Crippen molar-refractivity contribution in [1.82, 2.24) is 5.32 Å². The molecule has 5 nitrogen and oxygen atoms in total. The number of esters is 2. The van der Waals surface area contributed by atoms with Crippen LogP contribution in [-0.4, -0.2) is 38.2 Å². The van der Waals surface area contributed by atoms with Crippen molar-refractivity contribution in [2.24, 2.45) is 23.7 Å². The summed E-state index contributed by atoms with van der Waals surface area (Å²) in [5.74, 6) is 0.330. The second kappa shape index (κ2) is 11.5. The van der Waals surface area contributed by atoms with Crippen LogP contribution in [0.25, 0.3) is 0 Å². The molecule has 130 valence electrons. The van der Waals surface area contributed by atoms with Crippen LogP contribution in [0.5, 0.6) is 0 Å². The molecule has 1 N–H and O–H groups in total. The minimum atomic E-state index is -0.161. The van der Waals surface area contributed by atoms with E-state index in [1.807, 2.05) is 27.7 Å². The minimum Gasteiger partial charge on any atom is -0.464 e. The number of carbonyl (C=O) groups excluding carboxylic acids is 2. The van der Waals surface area contributed by atoms with Gasteiger partial charge in [0.1, 0.15) is 13.2 Å². The van der Waals surface area contributed by atoms with Crippen LogP contribution in [-0.2, 0) is 19.1 Å². The van der Waals surface area contributed by atoms with Gasteiger partial charge in [-0.2, -0.15) is 0 Å². The van der Waals surface area contributed by atoms with Gasteiger partial charge < -0.3 is 14.8 Å². The third-order valence-electron chi connectivity index (χ3n) is 3.65. The van der Waals surface area contributed by atoms with Crippen LogP contribution in [0.4, 0.5) is 0 Å². The van der Waals surface area contributed by atoms with Crippen molar-refractivity contribution in [3.63, 3.8) is 0 Å². The molecular formula is C17H33NO4. The summed E-state index contributed by atoms with van der Waals surface area (Å²) in [6, 6.07) is 0. The third-order valence-corrected chi connectivity index (χ3v) is 3.65. The lowest BCUT2D eigenvalue weighted by Crippen LogP contribution is -2.28. The van der Waals surface area contributed by atoms with Crippen molar-refractivity contribution in [2.75, 3.05) is 26.3 Å². The van der Waals surface area contributed by atoms with Crippen LogP contribution in [0.1, 0.15) is 48.0 Å². The molecule has 0 aliphatic rings. The van der Waals surface area contributed by atoms with Gasteiger partial charge in [-0.25, -0.2) is 0 Å². The van der Waals surface area contributed by atoms with Crippen LogP contribution < -0.4 is 5.32 Å². The summed E-state index contributed by atoms with van der Waals surface area (Å²) >= 11 is 0. The first-order chi connectivity index (χ1) is 10.3. The highest BCUT2D eigenvalue weighted by atomic mass is 16.5. The van der Waals surface area contributed by atoms with Gasteiger partial charge in [-0.3, -0.25) is 9.59 Å². The van der Waals surface area contributed by atoms with Crippen LogP contribution >= 0.6 is 0 Å². The van der Waals surface area contributed by atoms with Crippen molar-refractivity contribution >= 4 is 11.9 Å². The number of carbonyl (C=O) groups is 2. The fraction of sp³-hybridized carbons (Fsp3) is 0.882. The Hall–Kier alpha value is -1.10. The highest BCUT2D eigenvalue weighted by Crippen LogP contribution is 2.12. The molecule has 0 spiro atoms. The van der Waals surface area contributed by atoms with E-state index >= 15 is 0 Å². The number of ether oxygens (including phenoxy) is 2. The summed E-state index contributed by atoms with van der Waals surface area (Å²) in [5.41, 5.74) is 0. The van der Waals surface area contributed by atoms with E-state index in [1.165, 1.54) is 0 Å². The van der Waals surface area contributed by atoms with Gasteiger partial charge in [-0.15, -0.1) is 0 Å². The van der Waals surface area contributed by atoms with Crippen molar-refractivity contribution in [2.45, 2.75) is 48.0 Å². The SMILES string of the molecule is CC(C)CC(C)C(=O)OCCNCCOC(=O)C(C)C(C)C. The van der Waals surface area contributed by atoms with Gasteiger partial charge in [-0.05, 0) is 18.3 Å². The van der Waals surface area contributed by atoms with Crippen LogP contribution in [0, 0.1) is 23.7 Å². The Morgan fingerprint density at radius 3 is 1.82 bits per heavy atom. The first-order valence-electron chi connectivity index (χ1n) is 8.29. The molecule has 0 aliphatic carbocycles. The van der Waals surface area contributed by atoms with Gasteiger partial charge in [0, 0.05) is 13.1 Å². The Kier molecular flexibility index (Phi) is 10.9. The molecule has 2 atom stereocenters. The summed E-state index contributed by atoms with van der Waals surface area (Å²) < 4.78 is 10.4. The average Bonchev–Trinajstić information content (AvgIpc) is 2.43. The highest BCUT2D eigenvalue weighted by Gasteiger charge is 2.17. The van der Waals surface area contributed by atoms with E-state index in [1.54, 1.807) is 0 Å². The van der Waals surface area contributed by atoms with Crippen LogP contribution in [0.2, 0.25) is 0 Å². The normalized spacial score (nSPS) is 14.0. The number of rotatable bonds is 11. The first-order valence-corrected chi connectivity index (χ1v) is 8.29. The van der Waals surface area contributed by atoms with E-state index in [0.29, 0.717) is 32.2 Å². The van der Waals surface area contributed by atoms with E-state index in [4.69, 9.17) is 9.47 Å². The summed E-state index contributed by atoms with van der Waals surface area (Å²) in [7, 11) is 0. The van der Waals surface area contributed by atoms with Gasteiger partial charge in [0.15, 0.2) is 0 Å². The maximum atomic E-state index is 11.7. The predicted octanol–water partition coefficient (Wildman–Crippen LogP) is 2.64. The smallest absolute Gasteiger partial charge is 0.308 e. The minimum absolute atomic E-state index is 0.0570. The average molecular weight is 315 g/mol. The predicted molar refractivity (Wildman–Crippen MR) is 87.4 cm³/mol. The zero-order valence-corrected chi connectivity index (χ0v) is 15.0. The molecule has 0 aromatic rings. The van der Waals surface area contributed by atoms with Crippen molar-refractivity contribution in [3.05, 3.63) is 0 Å². The molecular weight excluding hydrogens is 282 g/mol. The van der Waals surface area contributed by atoms with E-state index in [9.17, 15) is 9.59 Å². The van der Waals surface area contributed by atoms with Crippen LogP contribution in [0.15, 0.2) is 0 Å². The molecule has 0 saturated heterocycles. The molecule has 0 radical (unpaired) electrons.